The molecule has 0 bridgehead atoms. The summed E-state index contributed by atoms with van der Waals surface area (Å²) in [4.78, 5) is 35.6. The molecule has 8 nitrogen and oxygen atoms in total. The van der Waals surface area contributed by atoms with Crippen LogP contribution in [0.3, 0.4) is 0 Å². The molecule has 0 saturated carbocycles. The van der Waals surface area contributed by atoms with Gasteiger partial charge in [0, 0.05) is 16.2 Å². The highest BCUT2D eigenvalue weighted by Crippen LogP contribution is 2.25. The van der Waals surface area contributed by atoms with Gasteiger partial charge in [-0.2, -0.15) is 5.10 Å². The molecule has 3 amide bonds. The number of ether oxygens (including phenoxy) is 1. The van der Waals surface area contributed by atoms with Crippen molar-refractivity contribution in [1.29, 1.82) is 0 Å². The standard InChI is InChI=1S/C23H27BrN4O4/c1-5-16(4)26-22(30)23(31)28-25-12-17-6-8-19(9-7-17)32-13-20(29)27-21-14(2)10-18(24)11-15(21)3/h6-12,16H,5,13H2,1-4H3,(H,26,30)(H,27,29)(H,28,31)/b25-12-/t16-/m1/s1. The van der Waals surface area contributed by atoms with Gasteiger partial charge in [-0.3, -0.25) is 14.4 Å². The number of halogens is 1. The van der Waals surface area contributed by atoms with Gasteiger partial charge in [0.05, 0.1) is 6.21 Å². The topological polar surface area (TPSA) is 109 Å². The van der Waals surface area contributed by atoms with Crippen molar-refractivity contribution in [2.45, 2.75) is 40.2 Å². The normalized spacial score (nSPS) is 11.7. The number of benzene rings is 2. The molecular formula is C23H27BrN4O4. The summed E-state index contributed by atoms with van der Waals surface area (Å²) >= 11 is 3.44. The fraction of sp³-hybridized carbons (Fsp3) is 0.304. The Hall–Kier alpha value is -3.20. The van der Waals surface area contributed by atoms with E-state index in [0.29, 0.717) is 11.3 Å². The van der Waals surface area contributed by atoms with Gasteiger partial charge in [-0.25, -0.2) is 5.43 Å². The predicted octanol–water partition coefficient (Wildman–Crippen LogP) is 3.45. The lowest BCUT2D eigenvalue weighted by molar-refractivity contribution is -0.139. The zero-order valence-corrected chi connectivity index (χ0v) is 20.1. The van der Waals surface area contributed by atoms with Gasteiger partial charge in [0.2, 0.25) is 0 Å². The molecule has 2 aromatic rings. The third-order valence-corrected chi connectivity index (χ3v) is 5.05. The maximum atomic E-state index is 12.2. The fourth-order valence-electron chi connectivity index (χ4n) is 2.69. The summed E-state index contributed by atoms with van der Waals surface area (Å²) in [5, 5.41) is 9.20. The van der Waals surface area contributed by atoms with E-state index in [1.807, 2.05) is 39.8 Å². The third-order valence-electron chi connectivity index (χ3n) is 4.59. The van der Waals surface area contributed by atoms with Crippen LogP contribution in [0.15, 0.2) is 46.0 Å². The maximum absolute atomic E-state index is 12.2. The van der Waals surface area contributed by atoms with E-state index in [1.165, 1.54) is 6.21 Å². The molecule has 0 unspecified atom stereocenters. The van der Waals surface area contributed by atoms with Crippen LogP contribution in [-0.4, -0.2) is 36.6 Å². The minimum Gasteiger partial charge on any atom is -0.484 e. The zero-order chi connectivity index (χ0) is 23.7. The van der Waals surface area contributed by atoms with Crippen LogP contribution < -0.4 is 20.8 Å². The Bertz CT molecular complexity index is 983. The number of aryl methyl sites for hydroxylation is 2. The average Bonchev–Trinajstić information content (AvgIpc) is 2.75. The van der Waals surface area contributed by atoms with E-state index in [4.69, 9.17) is 4.74 Å². The first-order valence-corrected chi connectivity index (χ1v) is 10.9. The van der Waals surface area contributed by atoms with Crippen molar-refractivity contribution >= 4 is 45.6 Å². The molecule has 2 rings (SSSR count). The van der Waals surface area contributed by atoms with Crippen LogP contribution in [-0.2, 0) is 14.4 Å². The maximum Gasteiger partial charge on any atom is 0.329 e. The van der Waals surface area contributed by atoms with E-state index in [-0.39, 0.29) is 18.6 Å². The van der Waals surface area contributed by atoms with Crippen LogP contribution >= 0.6 is 15.9 Å². The van der Waals surface area contributed by atoms with Gasteiger partial charge >= 0.3 is 11.8 Å². The van der Waals surface area contributed by atoms with E-state index in [1.54, 1.807) is 24.3 Å². The van der Waals surface area contributed by atoms with Gasteiger partial charge in [0.1, 0.15) is 5.75 Å². The van der Waals surface area contributed by atoms with Gasteiger partial charge in [0.15, 0.2) is 6.61 Å². The van der Waals surface area contributed by atoms with E-state index in [0.717, 1.165) is 27.7 Å². The first-order valence-electron chi connectivity index (χ1n) is 10.1. The highest BCUT2D eigenvalue weighted by atomic mass is 79.9. The molecule has 32 heavy (non-hydrogen) atoms. The van der Waals surface area contributed by atoms with Crippen LogP contribution in [0, 0.1) is 13.8 Å². The van der Waals surface area contributed by atoms with Crippen LogP contribution in [0.5, 0.6) is 5.75 Å². The molecule has 0 aliphatic rings. The molecule has 0 spiro atoms. The van der Waals surface area contributed by atoms with Crippen LogP contribution in [0.4, 0.5) is 5.69 Å². The Kier molecular flexibility index (Phi) is 9.39. The molecule has 1 atom stereocenters. The molecular weight excluding hydrogens is 476 g/mol. The molecule has 170 valence electrons. The second-order valence-corrected chi connectivity index (χ2v) is 8.22. The Balaban J connectivity index is 1.83. The minimum absolute atomic E-state index is 0.0882. The lowest BCUT2D eigenvalue weighted by atomic mass is 10.1. The Morgan fingerprint density at radius 3 is 2.31 bits per heavy atom. The van der Waals surface area contributed by atoms with Gasteiger partial charge < -0.3 is 15.4 Å². The number of carbonyl (C=O) groups is 3. The van der Waals surface area contributed by atoms with Crippen molar-refractivity contribution in [3.05, 3.63) is 57.6 Å². The smallest absolute Gasteiger partial charge is 0.329 e. The summed E-state index contributed by atoms with van der Waals surface area (Å²) in [6, 6.07) is 10.6. The highest BCUT2D eigenvalue weighted by Gasteiger charge is 2.14. The van der Waals surface area contributed by atoms with E-state index >= 15 is 0 Å². The van der Waals surface area contributed by atoms with E-state index < -0.39 is 11.8 Å². The van der Waals surface area contributed by atoms with Crippen molar-refractivity contribution in [3.63, 3.8) is 0 Å². The average molecular weight is 503 g/mol. The Morgan fingerprint density at radius 2 is 1.72 bits per heavy atom. The van der Waals surface area contributed by atoms with Crippen molar-refractivity contribution in [3.8, 4) is 5.75 Å². The zero-order valence-electron chi connectivity index (χ0n) is 18.5. The number of rotatable bonds is 8. The lowest BCUT2D eigenvalue weighted by Gasteiger charge is -2.13. The summed E-state index contributed by atoms with van der Waals surface area (Å²) < 4.78 is 6.49. The van der Waals surface area contributed by atoms with Gasteiger partial charge in [-0.15, -0.1) is 0 Å². The minimum atomic E-state index is -0.830. The van der Waals surface area contributed by atoms with Crippen molar-refractivity contribution in [2.24, 2.45) is 5.10 Å². The van der Waals surface area contributed by atoms with Crippen molar-refractivity contribution in [2.75, 3.05) is 11.9 Å². The predicted molar refractivity (Wildman–Crippen MR) is 128 cm³/mol. The van der Waals surface area contributed by atoms with Gasteiger partial charge in [-0.1, -0.05) is 22.9 Å². The molecule has 0 aliphatic carbocycles. The Labute approximate surface area is 195 Å². The summed E-state index contributed by atoms with van der Waals surface area (Å²) in [7, 11) is 0. The molecule has 0 fully saturated rings. The number of nitrogens with one attached hydrogen (secondary N) is 3. The number of anilines is 1. The number of hydrogen-bond acceptors (Lipinski definition) is 5. The molecule has 2 aromatic carbocycles. The van der Waals surface area contributed by atoms with Crippen LogP contribution in [0.25, 0.3) is 0 Å². The molecule has 0 aliphatic heterocycles. The van der Waals surface area contributed by atoms with Gasteiger partial charge in [0.25, 0.3) is 5.91 Å². The molecule has 9 heteroatoms. The highest BCUT2D eigenvalue weighted by molar-refractivity contribution is 9.10. The summed E-state index contributed by atoms with van der Waals surface area (Å²) in [6.07, 6.45) is 2.13. The summed E-state index contributed by atoms with van der Waals surface area (Å²) in [5.41, 5.74) is 5.55. The molecule has 0 aromatic heterocycles. The van der Waals surface area contributed by atoms with E-state index in [9.17, 15) is 14.4 Å². The van der Waals surface area contributed by atoms with Crippen LogP contribution in [0.1, 0.15) is 37.0 Å². The van der Waals surface area contributed by atoms with Gasteiger partial charge in [-0.05, 0) is 80.3 Å². The summed E-state index contributed by atoms with van der Waals surface area (Å²) in [5.74, 6) is -1.31. The second kappa shape index (κ2) is 12.0. The summed E-state index contributed by atoms with van der Waals surface area (Å²) in [6.45, 7) is 7.43. The number of hydrogen-bond donors (Lipinski definition) is 3. The SMILES string of the molecule is CC[C@@H](C)NC(=O)C(=O)N/N=C\c1ccc(OCC(=O)Nc2c(C)cc(Br)cc2C)cc1. The van der Waals surface area contributed by atoms with Crippen molar-refractivity contribution < 1.29 is 19.1 Å². The fourth-order valence-corrected chi connectivity index (χ4v) is 3.38. The quantitative estimate of drug-likeness (QED) is 0.291. The molecule has 0 saturated heterocycles. The third kappa shape index (κ3) is 7.81. The first kappa shape index (κ1) is 25.1. The van der Waals surface area contributed by atoms with Crippen molar-refractivity contribution in [1.82, 2.24) is 10.7 Å². The second-order valence-electron chi connectivity index (χ2n) is 7.30. The molecule has 3 N–H and O–H groups in total. The molecule has 0 heterocycles. The molecule has 0 radical (unpaired) electrons. The monoisotopic (exact) mass is 502 g/mol. The largest absolute Gasteiger partial charge is 0.484 e. The van der Waals surface area contributed by atoms with Crippen LogP contribution in [0.2, 0.25) is 0 Å². The first-order chi connectivity index (χ1) is 15.2. The number of nitrogens with zero attached hydrogens (tertiary/aromatic N) is 1. The lowest BCUT2D eigenvalue weighted by Crippen LogP contribution is -2.41. The number of hydrazone groups is 1. The Morgan fingerprint density at radius 1 is 1.09 bits per heavy atom. The van der Waals surface area contributed by atoms with E-state index in [2.05, 4.69) is 37.1 Å². The number of amides is 3. The number of carbonyl (C=O) groups excluding carboxylic acids is 3.